The molecule has 94 valence electrons. The summed E-state index contributed by atoms with van der Waals surface area (Å²) in [5.74, 6) is 0.969. The van der Waals surface area contributed by atoms with E-state index in [1.165, 1.54) is 0 Å². The van der Waals surface area contributed by atoms with Gasteiger partial charge in [0.05, 0.1) is 11.2 Å². The lowest BCUT2D eigenvalue weighted by atomic mass is 10.2. The van der Waals surface area contributed by atoms with Crippen molar-refractivity contribution < 1.29 is 19.6 Å². The third kappa shape index (κ3) is 7.66. The third-order valence-corrected chi connectivity index (χ3v) is 1.16. The number of hydrogen-bond acceptors (Lipinski definition) is 4. The molecule has 0 heterocycles. The maximum Gasteiger partial charge on any atom is 0.290 e. The highest BCUT2D eigenvalue weighted by atomic mass is 17.3. The van der Waals surface area contributed by atoms with Crippen molar-refractivity contribution in [3.63, 3.8) is 0 Å². The van der Waals surface area contributed by atoms with Crippen molar-refractivity contribution in [2.24, 2.45) is 0 Å². The molecule has 0 aliphatic heterocycles. The maximum atomic E-state index is 5.31. The molecule has 0 radical (unpaired) electrons. The molecule has 0 aromatic rings. The van der Waals surface area contributed by atoms with Crippen LogP contribution >= 0.6 is 0 Å². The first-order valence-corrected chi connectivity index (χ1v) is 5.19. The first-order chi connectivity index (χ1) is 6.97. The Hall–Kier alpha value is -0.600. The van der Waals surface area contributed by atoms with E-state index in [1.54, 1.807) is 6.92 Å². The molecule has 0 amide bonds. The highest BCUT2D eigenvalue weighted by Crippen LogP contribution is 2.20. The van der Waals surface area contributed by atoms with Gasteiger partial charge in [-0.1, -0.05) is 0 Å². The number of rotatable bonds is 4. The maximum absolute atomic E-state index is 5.31. The minimum atomic E-state index is -1.36. The summed E-state index contributed by atoms with van der Waals surface area (Å²) in [4.78, 5) is 20.3. The summed E-state index contributed by atoms with van der Waals surface area (Å²) < 4.78 is 0. The molecule has 0 aromatic carbocycles. The van der Waals surface area contributed by atoms with Gasteiger partial charge < -0.3 is 0 Å². The smallest absolute Gasteiger partial charge is 0.227 e. The van der Waals surface area contributed by atoms with Crippen LogP contribution in [-0.4, -0.2) is 17.0 Å². The van der Waals surface area contributed by atoms with Gasteiger partial charge in [0.15, 0.2) is 0 Å². The van der Waals surface area contributed by atoms with Crippen molar-refractivity contribution in [3.8, 4) is 12.3 Å². The molecule has 4 nitrogen and oxygen atoms in total. The van der Waals surface area contributed by atoms with Gasteiger partial charge >= 0.3 is 0 Å². The molecule has 0 spiro atoms. The van der Waals surface area contributed by atoms with Crippen molar-refractivity contribution >= 4 is 0 Å². The highest BCUT2D eigenvalue weighted by Gasteiger charge is 2.31. The predicted molar refractivity (Wildman–Crippen MR) is 61.1 cm³/mol. The Bertz CT molecular complexity index is 234. The molecule has 0 aliphatic carbocycles. The molecule has 0 rings (SSSR count). The second-order valence-electron chi connectivity index (χ2n) is 5.65. The first-order valence-electron chi connectivity index (χ1n) is 5.19. The fraction of sp³-hybridized carbons (Fsp3) is 0.833. The van der Waals surface area contributed by atoms with E-state index >= 15 is 0 Å². The van der Waals surface area contributed by atoms with Gasteiger partial charge in [-0.25, -0.2) is 9.78 Å². The van der Waals surface area contributed by atoms with Crippen LogP contribution in [0, 0.1) is 12.3 Å². The summed E-state index contributed by atoms with van der Waals surface area (Å²) in [7, 11) is 0. The SMILES string of the molecule is C#CC(C)(OOC(C)(C)C)OOC(C)(C)C. The first kappa shape index (κ1) is 15.4. The van der Waals surface area contributed by atoms with E-state index in [9.17, 15) is 0 Å². The van der Waals surface area contributed by atoms with Crippen LogP contribution in [-0.2, 0) is 19.6 Å². The van der Waals surface area contributed by atoms with E-state index < -0.39 is 17.0 Å². The van der Waals surface area contributed by atoms with Gasteiger partial charge in [0.2, 0.25) is 0 Å². The summed E-state index contributed by atoms with van der Waals surface area (Å²) in [6.07, 6.45) is 5.31. The van der Waals surface area contributed by atoms with Crippen LogP contribution in [0.2, 0.25) is 0 Å². The second-order valence-corrected chi connectivity index (χ2v) is 5.65. The van der Waals surface area contributed by atoms with E-state index in [0.29, 0.717) is 0 Å². The zero-order valence-corrected chi connectivity index (χ0v) is 11.2. The lowest BCUT2D eigenvalue weighted by molar-refractivity contribution is -0.519. The average Bonchev–Trinajstić information content (AvgIpc) is 2.09. The zero-order valence-electron chi connectivity index (χ0n) is 11.2. The number of hydrogen-bond donors (Lipinski definition) is 0. The zero-order chi connectivity index (χ0) is 13.0. The Balaban J connectivity index is 4.29. The molecule has 0 aromatic heterocycles. The molecule has 0 bridgehead atoms. The summed E-state index contributed by atoms with van der Waals surface area (Å²) in [5.41, 5.74) is -0.938. The lowest BCUT2D eigenvalue weighted by Gasteiger charge is -2.29. The minimum Gasteiger partial charge on any atom is -0.227 e. The summed E-state index contributed by atoms with van der Waals surface area (Å²) in [5, 5.41) is 0. The Morgan fingerprint density at radius 2 is 1.00 bits per heavy atom. The lowest BCUT2D eigenvalue weighted by Crippen LogP contribution is -2.37. The quantitative estimate of drug-likeness (QED) is 0.322. The second kappa shape index (κ2) is 5.15. The van der Waals surface area contributed by atoms with Crippen molar-refractivity contribution in [1.29, 1.82) is 0 Å². The molecule has 0 atom stereocenters. The van der Waals surface area contributed by atoms with Gasteiger partial charge in [0.25, 0.3) is 5.79 Å². The predicted octanol–water partition coefficient (Wildman–Crippen LogP) is 2.83. The monoisotopic (exact) mass is 230 g/mol. The van der Waals surface area contributed by atoms with Crippen LogP contribution in [0.15, 0.2) is 0 Å². The molecule has 0 saturated heterocycles. The molecular weight excluding hydrogens is 208 g/mol. The Morgan fingerprint density at radius 3 is 1.19 bits per heavy atom. The van der Waals surface area contributed by atoms with Crippen LogP contribution in [0.25, 0.3) is 0 Å². The summed E-state index contributed by atoms with van der Waals surface area (Å²) >= 11 is 0. The minimum absolute atomic E-state index is 0.469. The van der Waals surface area contributed by atoms with Crippen LogP contribution in [0.4, 0.5) is 0 Å². The van der Waals surface area contributed by atoms with E-state index in [4.69, 9.17) is 26.0 Å². The van der Waals surface area contributed by atoms with Gasteiger partial charge in [-0.05, 0) is 47.5 Å². The molecular formula is C12H22O4. The standard InChI is InChI=1S/C12H22O4/c1-9-12(8,15-13-10(2,3)4)16-14-11(5,6)7/h1H,2-8H3. The number of terminal acetylenes is 1. The van der Waals surface area contributed by atoms with Crippen LogP contribution < -0.4 is 0 Å². The van der Waals surface area contributed by atoms with E-state index in [0.717, 1.165) is 0 Å². The molecule has 4 heteroatoms. The van der Waals surface area contributed by atoms with Crippen molar-refractivity contribution in [3.05, 3.63) is 0 Å². The van der Waals surface area contributed by atoms with E-state index in [1.807, 2.05) is 41.5 Å². The van der Waals surface area contributed by atoms with Crippen LogP contribution in [0.3, 0.4) is 0 Å². The van der Waals surface area contributed by atoms with Gasteiger partial charge in [0.1, 0.15) is 0 Å². The Morgan fingerprint density at radius 1 is 0.688 bits per heavy atom. The van der Waals surface area contributed by atoms with Gasteiger partial charge in [-0.3, -0.25) is 0 Å². The van der Waals surface area contributed by atoms with Crippen LogP contribution in [0.5, 0.6) is 0 Å². The molecule has 0 saturated carbocycles. The fourth-order valence-corrected chi connectivity index (χ4v) is 0.471. The molecule has 0 fully saturated rings. The Labute approximate surface area is 98.1 Å². The van der Waals surface area contributed by atoms with Crippen molar-refractivity contribution in [1.82, 2.24) is 0 Å². The molecule has 0 N–H and O–H groups in total. The molecule has 0 aliphatic rings. The largest absolute Gasteiger partial charge is 0.290 e. The van der Waals surface area contributed by atoms with E-state index in [2.05, 4.69) is 5.92 Å². The van der Waals surface area contributed by atoms with Crippen LogP contribution in [0.1, 0.15) is 48.5 Å². The fourth-order valence-electron chi connectivity index (χ4n) is 0.471. The molecule has 0 unspecified atom stereocenters. The average molecular weight is 230 g/mol. The summed E-state index contributed by atoms with van der Waals surface area (Å²) in [6, 6.07) is 0. The topological polar surface area (TPSA) is 36.9 Å². The summed E-state index contributed by atoms with van der Waals surface area (Å²) in [6.45, 7) is 12.6. The van der Waals surface area contributed by atoms with Gasteiger partial charge in [0, 0.05) is 6.92 Å². The molecule has 16 heavy (non-hydrogen) atoms. The van der Waals surface area contributed by atoms with Crippen molar-refractivity contribution in [2.45, 2.75) is 65.5 Å². The van der Waals surface area contributed by atoms with Gasteiger partial charge in [-0.15, -0.1) is 6.42 Å². The Kier molecular flexibility index (Phi) is 4.96. The van der Waals surface area contributed by atoms with E-state index in [-0.39, 0.29) is 0 Å². The third-order valence-electron chi connectivity index (χ3n) is 1.16. The van der Waals surface area contributed by atoms with Crippen molar-refractivity contribution in [2.75, 3.05) is 0 Å². The normalized spacial score (nSPS) is 13.6. The highest BCUT2D eigenvalue weighted by molar-refractivity contribution is 4.98. The van der Waals surface area contributed by atoms with Gasteiger partial charge in [-0.2, -0.15) is 9.78 Å².